The molecular weight excluding hydrogens is 418 g/mol. The highest BCUT2D eigenvalue weighted by atomic mass is 79.9. The van der Waals surface area contributed by atoms with Gasteiger partial charge in [-0.25, -0.2) is 9.78 Å². The maximum Gasteiger partial charge on any atom is 0.344 e. The number of rotatable bonds is 4. The normalized spacial score (nSPS) is 10.6. The zero-order chi connectivity index (χ0) is 19.5. The number of halogens is 1. The second-order valence-corrected chi connectivity index (χ2v) is 7.04. The molecule has 0 aliphatic rings. The molecule has 4 aromatic rings. The van der Waals surface area contributed by atoms with Gasteiger partial charge in [0.25, 0.3) is 0 Å². The molecule has 1 aromatic heterocycles. The number of carbonyl (C=O) groups excluding carboxylic acids is 1. The van der Waals surface area contributed by atoms with E-state index in [-0.39, 0.29) is 0 Å². The molecule has 1 heterocycles. The van der Waals surface area contributed by atoms with Gasteiger partial charge in [-0.15, -0.1) is 0 Å². The monoisotopic (exact) mass is 433 g/mol. The molecule has 5 heteroatoms. The standard InChI is InChI=1S/C23H16BrNO3/c1-27-21-8-4-5-9-22(21)28-23(26)18-14-20(15-10-12-16(24)13-11-15)25-19-7-3-2-6-17(18)19/h2-14H,1H3. The topological polar surface area (TPSA) is 48.4 Å². The number of aromatic nitrogens is 1. The number of methoxy groups -OCH3 is 1. The van der Waals surface area contributed by atoms with Gasteiger partial charge in [0.2, 0.25) is 0 Å². The maximum absolute atomic E-state index is 13.0. The molecule has 0 atom stereocenters. The van der Waals surface area contributed by atoms with Crippen molar-refractivity contribution in [2.75, 3.05) is 7.11 Å². The summed E-state index contributed by atoms with van der Waals surface area (Å²) in [5.41, 5.74) is 2.81. The number of pyridine rings is 1. The lowest BCUT2D eigenvalue weighted by molar-refractivity contribution is 0.0732. The summed E-state index contributed by atoms with van der Waals surface area (Å²) in [7, 11) is 1.54. The van der Waals surface area contributed by atoms with Gasteiger partial charge < -0.3 is 9.47 Å². The van der Waals surface area contributed by atoms with E-state index in [1.165, 1.54) is 0 Å². The van der Waals surface area contributed by atoms with Crippen LogP contribution < -0.4 is 9.47 Å². The van der Waals surface area contributed by atoms with Crippen molar-refractivity contribution in [1.82, 2.24) is 4.98 Å². The quantitative estimate of drug-likeness (QED) is 0.297. The van der Waals surface area contributed by atoms with E-state index >= 15 is 0 Å². The second-order valence-electron chi connectivity index (χ2n) is 6.12. The van der Waals surface area contributed by atoms with Gasteiger partial charge in [-0.1, -0.05) is 58.4 Å². The number of fused-ring (bicyclic) bond motifs is 1. The minimum Gasteiger partial charge on any atom is -0.493 e. The first-order chi connectivity index (χ1) is 13.7. The molecule has 0 bridgehead atoms. The Labute approximate surface area is 170 Å². The molecule has 138 valence electrons. The molecule has 0 saturated carbocycles. The summed E-state index contributed by atoms with van der Waals surface area (Å²) >= 11 is 3.44. The Balaban J connectivity index is 1.80. The van der Waals surface area contributed by atoms with E-state index in [9.17, 15) is 4.79 Å². The molecule has 3 aromatic carbocycles. The molecule has 0 amide bonds. The van der Waals surface area contributed by atoms with Crippen molar-refractivity contribution < 1.29 is 14.3 Å². The number of benzene rings is 3. The van der Waals surface area contributed by atoms with Crippen LogP contribution in [-0.2, 0) is 0 Å². The zero-order valence-electron chi connectivity index (χ0n) is 15.1. The number of para-hydroxylation sites is 3. The lowest BCUT2D eigenvalue weighted by Crippen LogP contribution is -2.10. The highest BCUT2D eigenvalue weighted by Gasteiger charge is 2.17. The Morgan fingerprint density at radius 3 is 2.32 bits per heavy atom. The third-order valence-electron chi connectivity index (χ3n) is 4.35. The van der Waals surface area contributed by atoms with Crippen LogP contribution in [0.5, 0.6) is 11.5 Å². The first kappa shape index (κ1) is 18.2. The molecule has 0 N–H and O–H groups in total. The lowest BCUT2D eigenvalue weighted by atomic mass is 10.0. The SMILES string of the molecule is COc1ccccc1OC(=O)c1cc(-c2ccc(Br)cc2)nc2ccccc12. The first-order valence-corrected chi connectivity index (χ1v) is 9.46. The Morgan fingerprint density at radius 2 is 1.57 bits per heavy atom. The van der Waals surface area contributed by atoms with Crippen molar-refractivity contribution in [2.45, 2.75) is 0 Å². The Hall–Kier alpha value is -3.18. The van der Waals surface area contributed by atoms with Gasteiger partial charge in [-0.05, 0) is 36.4 Å². The molecule has 0 unspecified atom stereocenters. The van der Waals surface area contributed by atoms with E-state index in [2.05, 4.69) is 15.9 Å². The molecule has 28 heavy (non-hydrogen) atoms. The lowest BCUT2D eigenvalue weighted by Gasteiger charge is -2.12. The summed E-state index contributed by atoms with van der Waals surface area (Å²) in [5.74, 6) is 0.421. The van der Waals surface area contributed by atoms with Crippen molar-refractivity contribution in [3.8, 4) is 22.8 Å². The number of ether oxygens (including phenoxy) is 2. The van der Waals surface area contributed by atoms with Gasteiger partial charge in [0.15, 0.2) is 11.5 Å². The predicted octanol–water partition coefficient (Wildman–Crippen LogP) is 5.89. The van der Waals surface area contributed by atoms with Crippen molar-refractivity contribution in [2.24, 2.45) is 0 Å². The van der Waals surface area contributed by atoms with Crippen LogP contribution >= 0.6 is 15.9 Å². The number of hydrogen-bond acceptors (Lipinski definition) is 4. The smallest absolute Gasteiger partial charge is 0.344 e. The van der Waals surface area contributed by atoms with Crippen LogP contribution in [0.15, 0.2) is 83.3 Å². The zero-order valence-corrected chi connectivity index (χ0v) is 16.6. The third kappa shape index (κ3) is 3.62. The van der Waals surface area contributed by atoms with Crippen molar-refractivity contribution >= 4 is 32.8 Å². The van der Waals surface area contributed by atoms with Gasteiger partial charge in [0.05, 0.1) is 23.9 Å². The number of nitrogens with zero attached hydrogens (tertiary/aromatic N) is 1. The molecule has 0 spiro atoms. The van der Waals surface area contributed by atoms with Crippen LogP contribution in [0.4, 0.5) is 0 Å². The minimum atomic E-state index is -0.457. The fourth-order valence-corrected chi connectivity index (χ4v) is 3.24. The predicted molar refractivity (Wildman–Crippen MR) is 113 cm³/mol. The number of esters is 1. The molecule has 4 rings (SSSR count). The average Bonchev–Trinajstić information content (AvgIpc) is 2.74. The molecule has 4 nitrogen and oxygen atoms in total. The van der Waals surface area contributed by atoms with Crippen molar-refractivity contribution in [3.05, 3.63) is 88.9 Å². The maximum atomic E-state index is 13.0. The van der Waals surface area contributed by atoms with E-state index in [0.717, 1.165) is 20.9 Å². The van der Waals surface area contributed by atoms with Crippen molar-refractivity contribution in [3.63, 3.8) is 0 Å². The summed E-state index contributed by atoms with van der Waals surface area (Å²) in [6, 6.07) is 24.2. The van der Waals surface area contributed by atoms with E-state index in [0.29, 0.717) is 22.8 Å². The Bertz CT molecular complexity index is 1160. The van der Waals surface area contributed by atoms with Crippen LogP contribution in [0.3, 0.4) is 0 Å². The highest BCUT2D eigenvalue weighted by Crippen LogP contribution is 2.30. The van der Waals surface area contributed by atoms with Crippen LogP contribution in [-0.4, -0.2) is 18.1 Å². The van der Waals surface area contributed by atoms with Gasteiger partial charge in [0, 0.05) is 15.4 Å². The highest BCUT2D eigenvalue weighted by molar-refractivity contribution is 9.10. The molecule has 0 fully saturated rings. The second kappa shape index (κ2) is 7.82. The van der Waals surface area contributed by atoms with Crippen LogP contribution in [0, 0.1) is 0 Å². The summed E-state index contributed by atoms with van der Waals surface area (Å²) < 4.78 is 11.9. The van der Waals surface area contributed by atoms with Gasteiger partial charge in [0.1, 0.15) is 0 Å². The fraction of sp³-hybridized carbons (Fsp3) is 0.0435. The van der Waals surface area contributed by atoms with E-state index in [1.807, 2.05) is 54.6 Å². The van der Waals surface area contributed by atoms with E-state index in [4.69, 9.17) is 14.5 Å². The largest absolute Gasteiger partial charge is 0.493 e. The van der Waals surface area contributed by atoms with Gasteiger partial charge in [-0.3, -0.25) is 0 Å². The molecule has 0 saturated heterocycles. The summed E-state index contributed by atoms with van der Waals surface area (Å²) in [6.45, 7) is 0. The van der Waals surface area contributed by atoms with Crippen LogP contribution in [0.25, 0.3) is 22.2 Å². The van der Waals surface area contributed by atoms with E-state index < -0.39 is 5.97 Å². The Kier molecular flexibility index (Phi) is 5.08. The minimum absolute atomic E-state index is 0.376. The average molecular weight is 434 g/mol. The van der Waals surface area contributed by atoms with Crippen molar-refractivity contribution in [1.29, 1.82) is 0 Å². The summed E-state index contributed by atoms with van der Waals surface area (Å²) in [6.07, 6.45) is 0. The van der Waals surface area contributed by atoms with E-state index in [1.54, 1.807) is 31.4 Å². The molecule has 0 aliphatic carbocycles. The Morgan fingerprint density at radius 1 is 0.893 bits per heavy atom. The number of hydrogen-bond donors (Lipinski definition) is 0. The van der Waals surface area contributed by atoms with Crippen LogP contribution in [0.2, 0.25) is 0 Å². The fourth-order valence-electron chi connectivity index (χ4n) is 2.97. The molecule has 0 aliphatic heterocycles. The van der Waals surface area contributed by atoms with Gasteiger partial charge in [-0.2, -0.15) is 0 Å². The first-order valence-electron chi connectivity index (χ1n) is 8.66. The number of carbonyl (C=O) groups is 1. The molecular formula is C23H16BrNO3. The van der Waals surface area contributed by atoms with Gasteiger partial charge >= 0.3 is 5.97 Å². The third-order valence-corrected chi connectivity index (χ3v) is 4.88. The van der Waals surface area contributed by atoms with Crippen LogP contribution in [0.1, 0.15) is 10.4 Å². The molecule has 0 radical (unpaired) electrons. The summed E-state index contributed by atoms with van der Waals surface area (Å²) in [5, 5.41) is 0.739. The summed E-state index contributed by atoms with van der Waals surface area (Å²) in [4.78, 5) is 17.7.